The van der Waals surface area contributed by atoms with E-state index < -0.39 is 40.5 Å². The van der Waals surface area contributed by atoms with Crippen molar-refractivity contribution in [1.29, 1.82) is 10.8 Å². The molecule has 8 nitrogen and oxygen atoms in total. The largest absolute Gasteiger partial charge is 0.393 e. The molecule has 254 valence electrons. The third kappa shape index (κ3) is 9.06. The maximum Gasteiger partial charge on any atom is 0.253 e. The highest BCUT2D eigenvalue weighted by Gasteiger charge is 2.55. The van der Waals surface area contributed by atoms with Crippen LogP contribution in [0, 0.1) is 34.0 Å². The van der Waals surface area contributed by atoms with Gasteiger partial charge in [0.1, 0.15) is 5.78 Å². The van der Waals surface area contributed by atoms with E-state index in [9.17, 15) is 28.7 Å². The molecule has 2 saturated carbocycles. The molecule has 1 unspecified atom stereocenters. The fourth-order valence-electron chi connectivity index (χ4n) is 6.97. The van der Waals surface area contributed by atoms with Gasteiger partial charge in [0.15, 0.2) is 11.5 Å². The minimum Gasteiger partial charge on any atom is -0.393 e. The van der Waals surface area contributed by atoms with E-state index >= 15 is 0 Å². The van der Waals surface area contributed by atoms with Gasteiger partial charge in [-0.3, -0.25) is 19.2 Å². The molecule has 0 saturated heterocycles. The van der Waals surface area contributed by atoms with Crippen molar-refractivity contribution in [2.45, 2.75) is 104 Å². The quantitative estimate of drug-likeness (QED) is 0.145. The van der Waals surface area contributed by atoms with E-state index in [1.54, 1.807) is 25.7 Å². The van der Waals surface area contributed by atoms with Crippen molar-refractivity contribution in [1.82, 2.24) is 4.90 Å². The summed E-state index contributed by atoms with van der Waals surface area (Å²) in [5.74, 6) is -3.74. The summed E-state index contributed by atoms with van der Waals surface area (Å²) in [4.78, 5) is 54.4. The molecule has 0 aromatic heterocycles. The van der Waals surface area contributed by atoms with Crippen LogP contribution < -0.4 is 0 Å². The normalized spacial score (nSPS) is 22.5. The first-order valence-corrected chi connectivity index (χ1v) is 17.0. The summed E-state index contributed by atoms with van der Waals surface area (Å²) in [6, 6.07) is 10.1. The number of Topliss-reactive ketones (excluding diaryl/α,β-unsaturated/α-hetero) is 3. The maximum atomic E-state index is 14.8. The van der Waals surface area contributed by atoms with E-state index in [2.05, 4.69) is 12.1 Å². The number of hydrogen-bond acceptors (Lipinski definition) is 7. The summed E-state index contributed by atoms with van der Waals surface area (Å²) in [6.07, 6.45) is 7.36. The molecule has 0 bridgehead atoms. The van der Waals surface area contributed by atoms with Gasteiger partial charge in [0.25, 0.3) is 5.91 Å². The summed E-state index contributed by atoms with van der Waals surface area (Å²) < 4.78 is 14.8. The first-order chi connectivity index (χ1) is 22.1. The van der Waals surface area contributed by atoms with Gasteiger partial charge in [-0.2, -0.15) is 0 Å². The van der Waals surface area contributed by atoms with Crippen LogP contribution in [0.5, 0.6) is 0 Å². The van der Waals surface area contributed by atoms with E-state index in [4.69, 9.17) is 10.8 Å². The number of rotatable bonds is 16. The number of benzene rings is 1. The van der Waals surface area contributed by atoms with Gasteiger partial charge < -0.3 is 20.8 Å². The average Bonchev–Trinajstić information content (AvgIpc) is 3.58. The van der Waals surface area contributed by atoms with Crippen LogP contribution in [0.15, 0.2) is 53.6 Å². The van der Waals surface area contributed by atoms with Crippen molar-refractivity contribution in [3.05, 3.63) is 59.2 Å². The monoisotopic (exact) mass is 647 g/mol. The van der Waals surface area contributed by atoms with Crippen molar-refractivity contribution in [3.8, 4) is 0 Å². The number of unbranched alkanes of at least 4 members (excludes halogenated alkanes) is 1. The molecule has 1 aromatic rings. The molecule has 2 fully saturated rings. The topological polar surface area (TPSA) is 139 Å². The molecule has 4 atom stereocenters. The van der Waals surface area contributed by atoms with Gasteiger partial charge in [0.2, 0.25) is 5.78 Å². The number of carbonyl (C=O) groups excluding carboxylic acids is 4. The highest BCUT2D eigenvalue weighted by atomic mass is 19.1. The number of aryl methyl sites for hydroxylation is 1. The molecule has 3 aliphatic carbocycles. The SMILES string of the molecule is CC(=O)C(=N)CCN(CCCCc1ccccc1)C(=O)C1=CCC([C@@H]2C[C@@H](O)CCC2C(=O)[C@@H](C(=N)C(=O)C2(F)CC2)C(C)(C)C)=C1. The predicted molar refractivity (Wildman–Crippen MR) is 180 cm³/mol. The lowest BCUT2D eigenvalue weighted by molar-refractivity contribution is -0.132. The number of nitrogens with zero attached hydrogens (tertiary/aromatic N) is 1. The third-order valence-corrected chi connectivity index (χ3v) is 9.92. The van der Waals surface area contributed by atoms with Crippen molar-refractivity contribution >= 4 is 34.7 Å². The van der Waals surface area contributed by atoms with Gasteiger partial charge in [-0.05, 0) is 80.8 Å². The Kier molecular flexibility index (Phi) is 11.6. The molecule has 0 aliphatic heterocycles. The van der Waals surface area contributed by atoms with Crippen LogP contribution in [-0.4, -0.2) is 69.5 Å². The van der Waals surface area contributed by atoms with Crippen LogP contribution in [0.2, 0.25) is 0 Å². The van der Waals surface area contributed by atoms with Crippen LogP contribution in [0.1, 0.15) is 91.0 Å². The van der Waals surface area contributed by atoms with E-state index in [0.717, 1.165) is 24.8 Å². The molecule has 1 aromatic carbocycles. The highest BCUT2D eigenvalue weighted by Crippen LogP contribution is 2.46. The second kappa shape index (κ2) is 15.1. The smallest absolute Gasteiger partial charge is 0.253 e. The number of allylic oxidation sites excluding steroid dienone is 2. The van der Waals surface area contributed by atoms with Crippen molar-refractivity contribution in [2.75, 3.05) is 13.1 Å². The molecule has 1 amide bonds. The van der Waals surface area contributed by atoms with Gasteiger partial charge in [-0.15, -0.1) is 0 Å². The van der Waals surface area contributed by atoms with Gasteiger partial charge in [0.05, 0.1) is 23.4 Å². The number of carbonyl (C=O) groups is 4. The molecule has 0 heterocycles. The minimum absolute atomic E-state index is 0.0286. The fourth-order valence-corrected chi connectivity index (χ4v) is 6.97. The molecule has 0 spiro atoms. The summed E-state index contributed by atoms with van der Waals surface area (Å²) in [6.45, 7) is 7.42. The lowest BCUT2D eigenvalue weighted by Gasteiger charge is -2.39. The number of nitrogens with one attached hydrogen (secondary N) is 2. The standard InChI is InChI=1S/C38H50FN3O5/c1-24(43)31(40)17-21-42(20-9-8-12-25-10-6-5-7-11-25)36(47)27-14-13-26(22-27)30-23-28(44)15-16-29(30)34(45)32(37(2,3)4)33(41)35(46)38(39)18-19-38/h5-7,10-11,14,22,28-30,32,40-41,44H,8-9,12-13,15-21,23H2,1-4H3/t28-,29?,30-,32+/m0/s1. The number of amides is 1. The summed E-state index contributed by atoms with van der Waals surface area (Å²) in [5.41, 5.74) is -0.772. The maximum absolute atomic E-state index is 14.8. The molecule has 3 N–H and O–H groups in total. The van der Waals surface area contributed by atoms with Gasteiger partial charge in [0, 0.05) is 37.9 Å². The predicted octanol–water partition coefficient (Wildman–Crippen LogP) is 6.19. The Balaban J connectivity index is 1.50. The average molecular weight is 648 g/mol. The Labute approximate surface area is 277 Å². The van der Waals surface area contributed by atoms with Crippen LogP contribution in [-0.2, 0) is 25.6 Å². The molecule has 3 aliphatic rings. The first kappa shape index (κ1) is 36.2. The van der Waals surface area contributed by atoms with Gasteiger partial charge >= 0.3 is 0 Å². The van der Waals surface area contributed by atoms with E-state index in [1.807, 2.05) is 30.4 Å². The number of alkyl halides is 1. The zero-order valence-electron chi connectivity index (χ0n) is 28.2. The van der Waals surface area contributed by atoms with E-state index in [-0.39, 0.29) is 54.9 Å². The number of ketones is 3. The van der Waals surface area contributed by atoms with Crippen LogP contribution >= 0.6 is 0 Å². The van der Waals surface area contributed by atoms with Crippen molar-refractivity contribution < 1.29 is 28.7 Å². The van der Waals surface area contributed by atoms with Gasteiger partial charge in [-0.1, -0.05) is 62.8 Å². The first-order valence-electron chi connectivity index (χ1n) is 17.0. The molecular formula is C38H50FN3O5. The lowest BCUT2D eigenvalue weighted by atomic mass is 9.64. The molecule has 47 heavy (non-hydrogen) atoms. The second-order valence-corrected chi connectivity index (χ2v) is 14.7. The minimum atomic E-state index is -2.04. The second-order valence-electron chi connectivity index (χ2n) is 14.7. The molecule has 9 heteroatoms. The molecular weight excluding hydrogens is 597 g/mol. The summed E-state index contributed by atoms with van der Waals surface area (Å²) in [7, 11) is 0. The van der Waals surface area contributed by atoms with E-state index in [0.29, 0.717) is 37.8 Å². The Morgan fingerprint density at radius 3 is 2.34 bits per heavy atom. The van der Waals surface area contributed by atoms with Crippen LogP contribution in [0.4, 0.5) is 4.39 Å². The van der Waals surface area contributed by atoms with E-state index in [1.165, 1.54) is 12.5 Å². The molecule has 0 radical (unpaired) electrons. The lowest BCUT2D eigenvalue weighted by Crippen LogP contribution is -2.47. The Morgan fingerprint density at radius 1 is 1.04 bits per heavy atom. The van der Waals surface area contributed by atoms with Crippen LogP contribution in [0.3, 0.4) is 0 Å². The van der Waals surface area contributed by atoms with Crippen molar-refractivity contribution in [3.63, 3.8) is 0 Å². The summed E-state index contributed by atoms with van der Waals surface area (Å²) in [5, 5.41) is 27.3. The fraction of sp³-hybridized carbons (Fsp3) is 0.579. The van der Waals surface area contributed by atoms with Crippen LogP contribution in [0.25, 0.3) is 0 Å². The zero-order chi connectivity index (χ0) is 34.5. The highest BCUT2D eigenvalue weighted by molar-refractivity contribution is 6.46. The van der Waals surface area contributed by atoms with Crippen molar-refractivity contribution in [2.24, 2.45) is 23.2 Å². The number of halogens is 1. The van der Waals surface area contributed by atoms with Gasteiger partial charge in [-0.25, -0.2) is 4.39 Å². The number of aliphatic hydroxyl groups is 1. The number of aliphatic hydroxyl groups excluding tert-OH is 1. The zero-order valence-corrected chi connectivity index (χ0v) is 28.2. The third-order valence-electron chi connectivity index (χ3n) is 9.92. The Hall–Kier alpha value is -3.59. The number of hydrogen-bond donors (Lipinski definition) is 3. The Morgan fingerprint density at radius 2 is 1.72 bits per heavy atom. The summed E-state index contributed by atoms with van der Waals surface area (Å²) >= 11 is 0. The molecule has 4 rings (SSSR count). The Bertz CT molecular complexity index is 1450.